The largest absolute Gasteiger partial charge is 0.497 e. The molecule has 2 heterocycles. The van der Waals surface area contributed by atoms with Crippen molar-refractivity contribution in [2.75, 3.05) is 12.4 Å². The van der Waals surface area contributed by atoms with Crippen molar-refractivity contribution >= 4 is 32.6 Å². The van der Waals surface area contributed by atoms with Crippen molar-refractivity contribution in [3.05, 3.63) is 35.7 Å². The Morgan fingerprint density at radius 2 is 2.30 bits per heavy atom. The summed E-state index contributed by atoms with van der Waals surface area (Å²) >= 11 is 1.38. The highest BCUT2D eigenvalue weighted by Crippen LogP contribution is 2.29. The molecule has 0 fully saturated rings. The third-order valence-corrected chi connectivity index (χ3v) is 3.75. The Labute approximate surface area is 118 Å². The van der Waals surface area contributed by atoms with E-state index in [2.05, 4.69) is 15.5 Å². The number of aromatic nitrogens is 2. The summed E-state index contributed by atoms with van der Waals surface area (Å²) in [5.74, 6) is 0.953. The van der Waals surface area contributed by atoms with E-state index in [-0.39, 0.29) is 5.91 Å². The highest BCUT2D eigenvalue weighted by molar-refractivity contribution is 7.22. The van der Waals surface area contributed by atoms with Crippen LogP contribution in [0.25, 0.3) is 10.2 Å². The van der Waals surface area contributed by atoms with Gasteiger partial charge in [-0.2, -0.15) is 0 Å². The van der Waals surface area contributed by atoms with Gasteiger partial charge in [0.05, 0.1) is 23.5 Å². The Morgan fingerprint density at radius 1 is 1.45 bits per heavy atom. The van der Waals surface area contributed by atoms with Gasteiger partial charge in [0.25, 0.3) is 5.91 Å². The molecular weight excluding hydrogens is 278 g/mol. The fourth-order valence-electron chi connectivity index (χ4n) is 1.77. The predicted molar refractivity (Wildman–Crippen MR) is 75.4 cm³/mol. The molecule has 2 aromatic heterocycles. The molecule has 0 aliphatic rings. The van der Waals surface area contributed by atoms with Crippen LogP contribution >= 0.6 is 11.3 Å². The summed E-state index contributed by atoms with van der Waals surface area (Å²) in [4.78, 5) is 16.4. The lowest BCUT2D eigenvalue weighted by atomic mass is 10.2. The van der Waals surface area contributed by atoms with Crippen molar-refractivity contribution in [2.24, 2.45) is 0 Å². The standard InChI is InChI=1S/C13H11N3O3S/c1-7-9(6-14-19-7)12(17)16-13-15-10-4-3-8(18-2)5-11(10)20-13/h3-6H,1-2H3,(H,15,16,17). The average molecular weight is 289 g/mol. The monoisotopic (exact) mass is 289 g/mol. The van der Waals surface area contributed by atoms with E-state index in [9.17, 15) is 4.79 Å². The van der Waals surface area contributed by atoms with Crippen LogP contribution in [0.3, 0.4) is 0 Å². The maximum Gasteiger partial charge on any atom is 0.262 e. The second kappa shape index (κ2) is 4.93. The number of fused-ring (bicyclic) bond motifs is 1. The third-order valence-electron chi connectivity index (χ3n) is 2.81. The number of aryl methyl sites for hydroxylation is 1. The van der Waals surface area contributed by atoms with Gasteiger partial charge in [0, 0.05) is 0 Å². The van der Waals surface area contributed by atoms with Gasteiger partial charge in [-0.1, -0.05) is 16.5 Å². The molecule has 1 N–H and O–H groups in total. The first-order valence-corrected chi connectivity index (χ1v) is 6.66. The Morgan fingerprint density at radius 3 is 3.00 bits per heavy atom. The van der Waals surface area contributed by atoms with Gasteiger partial charge < -0.3 is 9.26 Å². The predicted octanol–water partition coefficient (Wildman–Crippen LogP) is 2.85. The normalized spacial score (nSPS) is 10.7. The van der Waals surface area contributed by atoms with Gasteiger partial charge in [0.1, 0.15) is 17.1 Å². The Bertz CT molecular complexity index is 778. The van der Waals surface area contributed by atoms with Crippen LogP contribution in [0, 0.1) is 6.92 Å². The van der Waals surface area contributed by atoms with E-state index in [0.717, 1.165) is 16.0 Å². The van der Waals surface area contributed by atoms with E-state index >= 15 is 0 Å². The number of hydrogen-bond donors (Lipinski definition) is 1. The SMILES string of the molecule is COc1ccc2nc(NC(=O)c3cnoc3C)sc2c1. The summed E-state index contributed by atoms with van der Waals surface area (Å²) in [7, 11) is 1.61. The second-order valence-corrected chi connectivity index (χ2v) is 5.13. The summed E-state index contributed by atoms with van der Waals surface area (Å²) in [5, 5.41) is 6.85. The molecule has 0 saturated carbocycles. The van der Waals surface area contributed by atoms with E-state index < -0.39 is 0 Å². The van der Waals surface area contributed by atoms with E-state index in [1.54, 1.807) is 14.0 Å². The molecule has 0 aliphatic heterocycles. The molecule has 102 valence electrons. The van der Waals surface area contributed by atoms with Gasteiger partial charge in [-0.25, -0.2) is 4.98 Å². The number of ether oxygens (including phenoxy) is 1. The molecule has 3 aromatic rings. The number of rotatable bonds is 3. The fraction of sp³-hybridized carbons (Fsp3) is 0.154. The molecule has 0 radical (unpaired) electrons. The summed E-state index contributed by atoms with van der Waals surface area (Å²) in [5.41, 5.74) is 1.22. The van der Waals surface area contributed by atoms with Crippen molar-refractivity contribution in [3.63, 3.8) is 0 Å². The number of thiazole rings is 1. The average Bonchev–Trinajstić information content (AvgIpc) is 3.03. The molecule has 1 amide bonds. The Kier molecular flexibility index (Phi) is 3.11. The highest BCUT2D eigenvalue weighted by Gasteiger charge is 2.15. The number of carbonyl (C=O) groups is 1. The van der Waals surface area contributed by atoms with E-state index in [1.165, 1.54) is 17.5 Å². The van der Waals surface area contributed by atoms with Crippen LogP contribution in [0.4, 0.5) is 5.13 Å². The molecule has 20 heavy (non-hydrogen) atoms. The molecule has 0 spiro atoms. The van der Waals surface area contributed by atoms with Crippen LogP contribution in [0.1, 0.15) is 16.1 Å². The molecule has 0 bridgehead atoms. The van der Waals surface area contributed by atoms with Crippen LogP contribution in [0.2, 0.25) is 0 Å². The van der Waals surface area contributed by atoms with Gasteiger partial charge in [-0.15, -0.1) is 0 Å². The fourth-order valence-corrected chi connectivity index (χ4v) is 2.66. The van der Waals surface area contributed by atoms with Crippen molar-refractivity contribution in [3.8, 4) is 5.75 Å². The smallest absolute Gasteiger partial charge is 0.262 e. The second-order valence-electron chi connectivity index (χ2n) is 4.10. The number of nitrogens with one attached hydrogen (secondary N) is 1. The minimum Gasteiger partial charge on any atom is -0.497 e. The van der Waals surface area contributed by atoms with Crippen LogP contribution in [0.5, 0.6) is 5.75 Å². The van der Waals surface area contributed by atoms with Crippen LogP contribution in [-0.2, 0) is 0 Å². The number of methoxy groups -OCH3 is 1. The molecule has 6 nitrogen and oxygen atoms in total. The number of amides is 1. The van der Waals surface area contributed by atoms with Crippen molar-refractivity contribution in [1.29, 1.82) is 0 Å². The number of nitrogens with zero attached hydrogens (tertiary/aromatic N) is 2. The molecular formula is C13H11N3O3S. The summed E-state index contributed by atoms with van der Waals surface area (Å²) in [6.07, 6.45) is 1.39. The number of carbonyl (C=O) groups excluding carboxylic acids is 1. The van der Waals surface area contributed by atoms with Crippen molar-refractivity contribution in [2.45, 2.75) is 6.92 Å². The number of hydrogen-bond acceptors (Lipinski definition) is 6. The van der Waals surface area contributed by atoms with Crippen LogP contribution < -0.4 is 10.1 Å². The quantitative estimate of drug-likeness (QED) is 0.802. The maximum absolute atomic E-state index is 12.0. The first kappa shape index (κ1) is 12.6. The van der Waals surface area contributed by atoms with Crippen molar-refractivity contribution < 1.29 is 14.1 Å². The van der Waals surface area contributed by atoms with Gasteiger partial charge in [0.15, 0.2) is 5.13 Å². The lowest BCUT2D eigenvalue weighted by Gasteiger charge is -1.97. The molecule has 0 aliphatic carbocycles. The number of anilines is 1. The van der Waals surface area contributed by atoms with E-state index in [4.69, 9.17) is 9.26 Å². The first-order valence-electron chi connectivity index (χ1n) is 5.84. The van der Waals surface area contributed by atoms with E-state index in [0.29, 0.717) is 16.5 Å². The highest BCUT2D eigenvalue weighted by atomic mass is 32.1. The van der Waals surface area contributed by atoms with E-state index in [1.807, 2.05) is 18.2 Å². The van der Waals surface area contributed by atoms with Gasteiger partial charge in [-0.3, -0.25) is 10.1 Å². The minimum atomic E-state index is -0.283. The maximum atomic E-state index is 12.0. The first-order chi connectivity index (χ1) is 9.67. The zero-order valence-electron chi connectivity index (χ0n) is 10.8. The minimum absolute atomic E-state index is 0.283. The zero-order valence-corrected chi connectivity index (χ0v) is 11.7. The Hall–Kier alpha value is -2.41. The lowest BCUT2D eigenvalue weighted by molar-refractivity contribution is 0.102. The van der Waals surface area contributed by atoms with Gasteiger partial charge in [0.2, 0.25) is 0 Å². The summed E-state index contributed by atoms with van der Waals surface area (Å²) in [6.45, 7) is 1.69. The molecule has 3 rings (SSSR count). The molecule has 0 unspecified atom stereocenters. The molecule has 0 atom stereocenters. The lowest BCUT2D eigenvalue weighted by Crippen LogP contribution is -2.11. The third kappa shape index (κ3) is 2.23. The summed E-state index contributed by atoms with van der Waals surface area (Å²) < 4.78 is 11.0. The van der Waals surface area contributed by atoms with Gasteiger partial charge >= 0.3 is 0 Å². The van der Waals surface area contributed by atoms with Crippen LogP contribution in [0.15, 0.2) is 28.9 Å². The van der Waals surface area contributed by atoms with Gasteiger partial charge in [-0.05, 0) is 25.1 Å². The topological polar surface area (TPSA) is 77.2 Å². The Balaban J connectivity index is 1.88. The molecule has 7 heteroatoms. The summed E-state index contributed by atoms with van der Waals surface area (Å²) in [6, 6.07) is 5.57. The van der Waals surface area contributed by atoms with Crippen LogP contribution in [-0.4, -0.2) is 23.2 Å². The zero-order chi connectivity index (χ0) is 14.1. The number of benzene rings is 1. The van der Waals surface area contributed by atoms with Crippen molar-refractivity contribution in [1.82, 2.24) is 10.1 Å². The molecule has 0 saturated heterocycles. The molecule has 1 aromatic carbocycles.